The summed E-state index contributed by atoms with van der Waals surface area (Å²) in [6.45, 7) is 4.86. The molecule has 276 valence electrons. The second kappa shape index (κ2) is 16.6. The van der Waals surface area contributed by atoms with Crippen LogP contribution >= 0.6 is 12.4 Å². The summed E-state index contributed by atoms with van der Waals surface area (Å²) in [5.41, 5.74) is 2.22. The van der Waals surface area contributed by atoms with Crippen LogP contribution in [0.25, 0.3) is 22.2 Å². The van der Waals surface area contributed by atoms with E-state index in [1.165, 1.54) is 19.2 Å². The standard InChI is InChI=1S/C38H38F3N3O7.ClH/c1-23(2)16-32(37(45)46-4)44(3)20-26-9-11-28(19-34(26)50-21-24-8-12-30-31(17-24)43-51-42-30)49-22-27-6-5-7-29(36(27)38(39,40)41)25-10-13-33-35(18-25)48-15-14-47-33;/h5-13,17-19,23,32H,14-16,20-22H2,1-4H3;1H/t32-;/m0./s1. The topological polar surface area (TPSA) is 105 Å². The van der Waals surface area contributed by atoms with Crippen molar-refractivity contribution in [1.29, 1.82) is 0 Å². The Morgan fingerprint density at radius 2 is 1.65 bits per heavy atom. The largest absolute Gasteiger partial charge is 0.489 e. The number of likely N-dealkylation sites (N-methyl/N-ethyl adjacent to an activating group) is 1. The van der Waals surface area contributed by atoms with Crippen molar-refractivity contribution in [3.8, 4) is 34.1 Å². The fourth-order valence-electron chi connectivity index (χ4n) is 6.05. The van der Waals surface area contributed by atoms with Gasteiger partial charge in [-0.2, -0.15) is 13.2 Å². The lowest BCUT2D eigenvalue weighted by Gasteiger charge is -2.28. The van der Waals surface area contributed by atoms with Crippen molar-refractivity contribution in [1.82, 2.24) is 15.2 Å². The maximum absolute atomic E-state index is 14.7. The maximum atomic E-state index is 14.7. The minimum atomic E-state index is -4.67. The Bertz CT molecular complexity index is 2000. The zero-order valence-corrected chi connectivity index (χ0v) is 29.9. The zero-order valence-electron chi connectivity index (χ0n) is 29.1. The quantitative estimate of drug-likeness (QED) is 0.110. The van der Waals surface area contributed by atoms with Gasteiger partial charge in [0.2, 0.25) is 0 Å². The summed E-state index contributed by atoms with van der Waals surface area (Å²) >= 11 is 0. The first-order valence-corrected chi connectivity index (χ1v) is 16.5. The van der Waals surface area contributed by atoms with Gasteiger partial charge in [-0.3, -0.25) is 9.69 Å². The minimum absolute atomic E-state index is 0. The Balaban J connectivity index is 0.00000523. The molecule has 10 nitrogen and oxygen atoms in total. The Labute approximate surface area is 305 Å². The van der Waals surface area contributed by atoms with E-state index < -0.39 is 17.8 Å². The van der Waals surface area contributed by atoms with Crippen LogP contribution in [0.1, 0.15) is 42.5 Å². The van der Waals surface area contributed by atoms with Crippen LogP contribution in [0, 0.1) is 5.92 Å². The summed E-state index contributed by atoms with van der Waals surface area (Å²) in [5.74, 6) is 1.51. The van der Waals surface area contributed by atoms with E-state index in [-0.39, 0.29) is 48.6 Å². The van der Waals surface area contributed by atoms with Crippen LogP contribution in [0.15, 0.2) is 77.4 Å². The van der Waals surface area contributed by atoms with Gasteiger partial charge in [-0.15, -0.1) is 12.4 Å². The molecule has 52 heavy (non-hydrogen) atoms. The van der Waals surface area contributed by atoms with Crippen molar-refractivity contribution in [3.63, 3.8) is 0 Å². The number of hydrogen-bond donors (Lipinski definition) is 0. The van der Waals surface area contributed by atoms with Crippen LogP contribution in [-0.4, -0.2) is 54.6 Å². The number of hydrogen-bond acceptors (Lipinski definition) is 10. The van der Waals surface area contributed by atoms with Crippen LogP contribution < -0.4 is 18.9 Å². The predicted molar refractivity (Wildman–Crippen MR) is 189 cm³/mol. The van der Waals surface area contributed by atoms with Crippen molar-refractivity contribution in [3.05, 3.63) is 95.1 Å². The van der Waals surface area contributed by atoms with Gasteiger partial charge >= 0.3 is 12.1 Å². The van der Waals surface area contributed by atoms with E-state index in [1.54, 1.807) is 54.6 Å². The average molecular weight is 742 g/mol. The molecule has 0 saturated carbocycles. The number of alkyl halides is 3. The third-order valence-electron chi connectivity index (χ3n) is 8.55. The number of carbonyl (C=O) groups excluding carboxylic acids is 1. The molecule has 4 aromatic carbocycles. The summed E-state index contributed by atoms with van der Waals surface area (Å²) in [6.07, 6.45) is -4.09. The van der Waals surface area contributed by atoms with E-state index in [1.807, 2.05) is 31.9 Å². The van der Waals surface area contributed by atoms with Crippen molar-refractivity contribution in [2.75, 3.05) is 27.4 Å². The second-order valence-electron chi connectivity index (χ2n) is 12.7. The third-order valence-corrected chi connectivity index (χ3v) is 8.55. The van der Waals surface area contributed by atoms with Crippen LogP contribution in [0.5, 0.6) is 23.0 Å². The lowest BCUT2D eigenvalue weighted by Crippen LogP contribution is -2.39. The van der Waals surface area contributed by atoms with Gasteiger partial charge in [-0.1, -0.05) is 50.2 Å². The molecule has 6 rings (SSSR count). The van der Waals surface area contributed by atoms with Gasteiger partial charge in [0.25, 0.3) is 0 Å². The molecule has 0 saturated heterocycles. The Kier molecular flexibility index (Phi) is 12.2. The molecule has 1 atom stereocenters. The van der Waals surface area contributed by atoms with Gasteiger partial charge in [-0.25, -0.2) is 4.63 Å². The number of halogens is 4. The summed E-state index contributed by atoms with van der Waals surface area (Å²) in [7, 11) is 3.19. The van der Waals surface area contributed by atoms with Gasteiger partial charge in [-0.05, 0) is 76.7 Å². The monoisotopic (exact) mass is 741 g/mol. The van der Waals surface area contributed by atoms with E-state index in [2.05, 4.69) is 10.3 Å². The highest BCUT2D eigenvalue weighted by Crippen LogP contribution is 2.42. The Morgan fingerprint density at radius 3 is 2.40 bits per heavy atom. The number of benzene rings is 4. The van der Waals surface area contributed by atoms with Crippen LogP contribution in [0.4, 0.5) is 13.2 Å². The van der Waals surface area contributed by atoms with Crippen molar-refractivity contribution >= 4 is 29.4 Å². The normalized spacial score (nSPS) is 13.2. The molecule has 1 aromatic heterocycles. The number of carbonyl (C=O) groups is 1. The van der Waals surface area contributed by atoms with E-state index in [0.29, 0.717) is 65.8 Å². The molecule has 1 aliphatic rings. The van der Waals surface area contributed by atoms with E-state index in [9.17, 15) is 18.0 Å². The first-order valence-electron chi connectivity index (χ1n) is 16.5. The van der Waals surface area contributed by atoms with E-state index in [4.69, 9.17) is 28.3 Å². The van der Waals surface area contributed by atoms with Gasteiger partial charge in [0, 0.05) is 23.7 Å². The summed E-state index contributed by atoms with van der Waals surface area (Å²) in [5, 5.41) is 7.72. The lowest BCUT2D eigenvalue weighted by molar-refractivity contribution is -0.147. The second-order valence-corrected chi connectivity index (χ2v) is 12.7. The average Bonchev–Trinajstić information content (AvgIpc) is 3.59. The first kappa shape index (κ1) is 38.2. The third kappa shape index (κ3) is 8.88. The fourth-order valence-corrected chi connectivity index (χ4v) is 6.05. The number of aromatic nitrogens is 2. The summed E-state index contributed by atoms with van der Waals surface area (Å²) < 4.78 is 77.4. The van der Waals surface area contributed by atoms with Crippen molar-refractivity contribution < 1.29 is 46.3 Å². The number of ether oxygens (including phenoxy) is 5. The van der Waals surface area contributed by atoms with Crippen molar-refractivity contribution in [2.24, 2.45) is 5.92 Å². The first-order chi connectivity index (χ1) is 24.5. The number of esters is 1. The fraction of sp³-hybridized carbons (Fsp3) is 0.342. The zero-order chi connectivity index (χ0) is 36.1. The molecule has 14 heteroatoms. The van der Waals surface area contributed by atoms with Gasteiger partial charge in [0.15, 0.2) is 11.5 Å². The van der Waals surface area contributed by atoms with Crippen LogP contribution in [-0.2, 0) is 35.5 Å². The molecule has 0 amide bonds. The van der Waals surface area contributed by atoms with E-state index in [0.717, 1.165) is 11.1 Å². The number of fused-ring (bicyclic) bond motifs is 2. The molecule has 0 bridgehead atoms. The highest BCUT2D eigenvalue weighted by Gasteiger charge is 2.37. The smallest absolute Gasteiger partial charge is 0.417 e. The Morgan fingerprint density at radius 1 is 0.885 bits per heavy atom. The highest BCUT2D eigenvalue weighted by atomic mass is 35.5. The minimum Gasteiger partial charge on any atom is -0.489 e. The number of rotatable bonds is 13. The number of nitrogens with zero attached hydrogens (tertiary/aromatic N) is 3. The lowest BCUT2D eigenvalue weighted by atomic mass is 9.94. The summed E-state index contributed by atoms with van der Waals surface area (Å²) in [4.78, 5) is 14.6. The molecular formula is C38H39ClF3N3O7. The van der Waals surface area contributed by atoms with Gasteiger partial charge in [0.05, 0.1) is 12.7 Å². The molecular weight excluding hydrogens is 703 g/mol. The molecule has 5 aromatic rings. The molecule has 0 unspecified atom stereocenters. The maximum Gasteiger partial charge on any atom is 0.417 e. The van der Waals surface area contributed by atoms with Crippen LogP contribution in [0.3, 0.4) is 0 Å². The highest BCUT2D eigenvalue weighted by molar-refractivity contribution is 5.85. The molecule has 2 heterocycles. The van der Waals surface area contributed by atoms with E-state index >= 15 is 0 Å². The van der Waals surface area contributed by atoms with Gasteiger partial charge < -0.3 is 23.7 Å². The molecule has 0 N–H and O–H groups in total. The Hall–Kier alpha value is -5.01. The van der Waals surface area contributed by atoms with Crippen molar-refractivity contribution in [2.45, 2.75) is 52.2 Å². The molecule has 0 radical (unpaired) electrons. The molecule has 1 aliphatic heterocycles. The van der Waals surface area contributed by atoms with Gasteiger partial charge in [0.1, 0.15) is 55.0 Å². The molecule has 0 spiro atoms. The predicted octanol–water partition coefficient (Wildman–Crippen LogP) is 8.28. The molecule has 0 aliphatic carbocycles. The summed E-state index contributed by atoms with van der Waals surface area (Å²) in [6, 6.07) is 19.2. The SMILES string of the molecule is COC(=O)[C@H](CC(C)C)N(C)Cc1ccc(OCc2cccc(-c3ccc4c(c3)OCCO4)c2C(F)(F)F)cc1OCc1ccc2nonc2c1.Cl. The molecule has 0 fully saturated rings. The number of methoxy groups -OCH3 is 1. The van der Waals surface area contributed by atoms with Crippen LogP contribution in [0.2, 0.25) is 0 Å².